The molecular formula is C12H23N3O3. The lowest BCUT2D eigenvalue weighted by Gasteiger charge is -2.23. The lowest BCUT2D eigenvalue weighted by molar-refractivity contribution is -0.130. The number of hydrogen-bond donors (Lipinski definition) is 3. The highest BCUT2D eigenvalue weighted by Gasteiger charge is 2.20. The van der Waals surface area contributed by atoms with Gasteiger partial charge in [0.2, 0.25) is 11.8 Å². The zero-order valence-electron chi connectivity index (χ0n) is 11.1. The van der Waals surface area contributed by atoms with Crippen molar-refractivity contribution in [3.8, 4) is 0 Å². The Kier molecular flexibility index (Phi) is 6.67. The summed E-state index contributed by atoms with van der Waals surface area (Å²) in [4.78, 5) is 23.3. The van der Waals surface area contributed by atoms with E-state index in [2.05, 4.69) is 16.0 Å². The van der Waals surface area contributed by atoms with Crippen LogP contribution in [-0.2, 0) is 14.3 Å². The summed E-state index contributed by atoms with van der Waals surface area (Å²) < 4.78 is 5.43. The molecule has 1 aliphatic heterocycles. The number of ether oxygens (including phenoxy) is 1. The van der Waals surface area contributed by atoms with Gasteiger partial charge in [0.15, 0.2) is 0 Å². The molecule has 1 aliphatic rings. The van der Waals surface area contributed by atoms with Gasteiger partial charge in [-0.15, -0.1) is 0 Å². The first-order valence-corrected chi connectivity index (χ1v) is 6.53. The summed E-state index contributed by atoms with van der Waals surface area (Å²) in [6.45, 7) is 6.44. The van der Waals surface area contributed by atoms with E-state index in [0.717, 1.165) is 13.0 Å². The van der Waals surface area contributed by atoms with Crippen LogP contribution >= 0.6 is 0 Å². The molecule has 2 amide bonds. The molecule has 0 radical (unpaired) electrons. The van der Waals surface area contributed by atoms with E-state index in [-0.39, 0.29) is 17.9 Å². The van der Waals surface area contributed by atoms with Crippen LogP contribution in [0.5, 0.6) is 0 Å². The summed E-state index contributed by atoms with van der Waals surface area (Å²) in [5.74, 6) is -0.296. The molecule has 0 bridgehead atoms. The molecule has 1 saturated heterocycles. The molecule has 0 aromatic rings. The quantitative estimate of drug-likeness (QED) is 0.593. The molecule has 0 aromatic carbocycles. The maximum Gasteiger partial charge on any atom is 0.242 e. The van der Waals surface area contributed by atoms with Gasteiger partial charge in [0, 0.05) is 19.6 Å². The number of hydrogen-bond acceptors (Lipinski definition) is 4. The molecule has 3 N–H and O–H groups in total. The fraction of sp³-hybridized carbons (Fsp3) is 0.833. The molecule has 0 aromatic heterocycles. The van der Waals surface area contributed by atoms with E-state index in [0.29, 0.717) is 26.1 Å². The molecule has 0 spiro atoms. The first-order valence-electron chi connectivity index (χ1n) is 6.53. The minimum Gasteiger partial charge on any atom is -0.375 e. The van der Waals surface area contributed by atoms with Crippen LogP contribution in [0.3, 0.4) is 0 Å². The minimum atomic E-state index is -0.499. The number of amides is 2. The van der Waals surface area contributed by atoms with E-state index in [9.17, 15) is 9.59 Å². The third-order valence-corrected chi connectivity index (χ3v) is 2.74. The normalized spacial score (nSPS) is 21.1. The van der Waals surface area contributed by atoms with Crippen molar-refractivity contribution in [2.75, 3.05) is 26.2 Å². The van der Waals surface area contributed by atoms with Crippen LogP contribution in [0.25, 0.3) is 0 Å². The van der Waals surface area contributed by atoms with Crippen LogP contribution in [-0.4, -0.2) is 50.2 Å². The fourth-order valence-electron chi connectivity index (χ4n) is 1.72. The van der Waals surface area contributed by atoms with Crippen LogP contribution < -0.4 is 16.0 Å². The van der Waals surface area contributed by atoms with Gasteiger partial charge in [-0.3, -0.25) is 9.59 Å². The van der Waals surface area contributed by atoms with Gasteiger partial charge in [-0.1, -0.05) is 6.92 Å². The Bertz CT molecular complexity index is 278. The van der Waals surface area contributed by atoms with Crippen LogP contribution in [0.2, 0.25) is 0 Å². The zero-order chi connectivity index (χ0) is 13.4. The van der Waals surface area contributed by atoms with Gasteiger partial charge < -0.3 is 20.7 Å². The molecule has 18 heavy (non-hydrogen) atoms. The average Bonchev–Trinajstić information content (AvgIpc) is 2.36. The van der Waals surface area contributed by atoms with Crippen molar-refractivity contribution in [2.24, 2.45) is 0 Å². The van der Waals surface area contributed by atoms with Gasteiger partial charge in [-0.05, 0) is 13.3 Å². The molecule has 104 valence electrons. The van der Waals surface area contributed by atoms with E-state index in [1.165, 1.54) is 0 Å². The number of morpholine rings is 1. The lowest BCUT2D eigenvalue weighted by atomic mass is 10.2. The zero-order valence-corrected chi connectivity index (χ0v) is 11.1. The lowest BCUT2D eigenvalue weighted by Crippen LogP contribution is -2.47. The molecule has 2 unspecified atom stereocenters. The molecule has 1 rings (SSSR count). The number of rotatable bonds is 6. The van der Waals surface area contributed by atoms with Gasteiger partial charge in [-0.25, -0.2) is 0 Å². The Hall–Kier alpha value is -1.14. The summed E-state index contributed by atoms with van der Waals surface area (Å²) >= 11 is 0. The van der Waals surface area contributed by atoms with Gasteiger partial charge in [0.25, 0.3) is 0 Å². The maximum atomic E-state index is 11.7. The summed E-state index contributed by atoms with van der Waals surface area (Å²) in [5.41, 5.74) is 0. The summed E-state index contributed by atoms with van der Waals surface area (Å²) in [6, 6.07) is -0.499. The monoisotopic (exact) mass is 257 g/mol. The summed E-state index contributed by atoms with van der Waals surface area (Å²) in [5, 5.41) is 8.58. The van der Waals surface area contributed by atoms with Crippen molar-refractivity contribution >= 4 is 11.8 Å². The second kappa shape index (κ2) is 8.05. The first kappa shape index (κ1) is 14.9. The number of nitrogens with one attached hydrogen (secondary N) is 3. The number of carbonyl (C=O) groups excluding carboxylic acids is 2. The van der Waals surface area contributed by atoms with E-state index >= 15 is 0 Å². The fourth-order valence-corrected chi connectivity index (χ4v) is 1.72. The van der Waals surface area contributed by atoms with Crippen LogP contribution in [0.1, 0.15) is 26.7 Å². The smallest absolute Gasteiger partial charge is 0.242 e. The van der Waals surface area contributed by atoms with Crippen molar-refractivity contribution in [1.29, 1.82) is 0 Å². The number of carbonyl (C=O) groups is 2. The topological polar surface area (TPSA) is 79.5 Å². The molecule has 0 aliphatic carbocycles. The Morgan fingerprint density at radius 3 is 2.89 bits per heavy atom. The molecule has 1 heterocycles. The predicted octanol–water partition coefficient (Wildman–Crippen LogP) is -0.604. The molecule has 0 saturated carbocycles. The van der Waals surface area contributed by atoms with E-state index in [1.807, 2.05) is 6.92 Å². The summed E-state index contributed by atoms with van der Waals surface area (Å²) in [7, 11) is 0. The minimum absolute atomic E-state index is 0.0929. The highest BCUT2D eigenvalue weighted by atomic mass is 16.5. The van der Waals surface area contributed by atoms with E-state index < -0.39 is 6.04 Å². The second-order valence-electron chi connectivity index (χ2n) is 4.48. The van der Waals surface area contributed by atoms with Crippen LogP contribution in [0.15, 0.2) is 0 Å². The Labute approximate surface area is 108 Å². The highest BCUT2D eigenvalue weighted by Crippen LogP contribution is 2.01. The predicted molar refractivity (Wildman–Crippen MR) is 68.1 cm³/mol. The van der Waals surface area contributed by atoms with E-state index in [1.54, 1.807) is 6.92 Å². The van der Waals surface area contributed by atoms with Crippen molar-refractivity contribution in [3.05, 3.63) is 0 Å². The van der Waals surface area contributed by atoms with Gasteiger partial charge in [0.1, 0.15) is 6.04 Å². The molecular weight excluding hydrogens is 234 g/mol. The molecule has 2 atom stereocenters. The average molecular weight is 257 g/mol. The third-order valence-electron chi connectivity index (χ3n) is 2.74. The SMILES string of the molecule is CCCNC(=O)C(C)NC(=O)CC1CNCCO1. The highest BCUT2D eigenvalue weighted by molar-refractivity contribution is 5.87. The Morgan fingerprint density at radius 2 is 2.28 bits per heavy atom. The molecule has 1 fully saturated rings. The summed E-state index contributed by atoms with van der Waals surface area (Å²) in [6.07, 6.45) is 1.08. The van der Waals surface area contributed by atoms with Crippen molar-refractivity contribution in [2.45, 2.75) is 38.8 Å². The van der Waals surface area contributed by atoms with Crippen LogP contribution in [0.4, 0.5) is 0 Å². The molecule has 6 heteroatoms. The maximum absolute atomic E-state index is 11.7. The third kappa shape index (κ3) is 5.46. The van der Waals surface area contributed by atoms with Crippen molar-refractivity contribution < 1.29 is 14.3 Å². The Morgan fingerprint density at radius 1 is 1.50 bits per heavy atom. The second-order valence-corrected chi connectivity index (χ2v) is 4.48. The van der Waals surface area contributed by atoms with Gasteiger partial charge in [0.05, 0.1) is 19.1 Å². The van der Waals surface area contributed by atoms with Crippen molar-refractivity contribution in [1.82, 2.24) is 16.0 Å². The van der Waals surface area contributed by atoms with E-state index in [4.69, 9.17) is 4.74 Å². The van der Waals surface area contributed by atoms with Crippen LogP contribution in [0, 0.1) is 0 Å². The van der Waals surface area contributed by atoms with Gasteiger partial charge >= 0.3 is 0 Å². The van der Waals surface area contributed by atoms with Crippen molar-refractivity contribution in [3.63, 3.8) is 0 Å². The Balaban J connectivity index is 2.23. The first-order chi connectivity index (χ1) is 8.63. The standard InChI is InChI=1S/C12H23N3O3/c1-3-4-14-12(17)9(2)15-11(16)7-10-8-13-5-6-18-10/h9-10,13H,3-8H2,1-2H3,(H,14,17)(H,15,16). The largest absolute Gasteiger partial charge is 0.375 e. The molecule has 6 nitrogen and oxygen atoms in total. The van der Waals surface area contributed by atoms with Gasteiger partial charge in [-0.2, -0.15) is 0 Å².